The molecule has 174 valence electrons. The van der Waals surface area contributed by atoms with E-state index in [9.17, 15) is 4.79 Å². The van der Waals surface area contributed by atoms with E-state index in [1.54, 1.807) is 50.0 Å². The van der Waals surface area contributed by atoms with Gasteiger partial charge < -0.3 is 25.1 Å². The Labute approximate surface area is 201 Å². The maximum Gasteiger partial charge on any atom is 0.323 e. The van der Waals surface area contributed by atoms with Gasteiger partial charge in [-0.05, 0) is 54.1 Å². The zero-order valence-corrected chi connectivity index (χ0v) is 19.0. The Hall–Kier alpha value is -4.92. The molecule has 5 rings (SSSR count). The SMILES string of the molecule is COc1ccc(NC(=O)Nc2cccc(-c3cn4ccnc4c(NCc4ccncc4)n3)c2)cc1. The van der Waals surface area contributed by atoms with Gasteiger partial charge in [-0.25, -0.2) is 14.8 Å². The number of carbonyl (C=O) groups excluding carboxylic acids is 1. The van der Waals surface area contributed by atoms with Gasteiger partial charge in [0, 0.05) is 54.5 Å². The van der Waals surface area contributed by atoms with Gasteiger partial charge in [0.15, 0.2) is 11.5 Å². The lowest BCUT2D eigenvalue weighted by Crippen LogP contribution is -2.19. The summed E-state index contributed by atoms with van der Waals surface area (Å²) in [6, 6.07) is 18.2. The number of pyridine rings is 1. The van der Waals surface area contributed by atoms with E-state index in [0.29, 0.717) is 23.7 Å². The highest BCUT2D eigenvalue weighted by atomic mass is 16.5. The quantitative estimate of drug-likeness (QED) is 0.310. The Balaban J connectivity index is 1.34. The first kappa shape index (κ1) is 21.9. The van der Waals surface area contributed by atoms with E-state index in [-0.39, 0.29) is 6.03 Å². The molecule has 0 aliphatic heterocycles. The Morgan fingerprint density at radius 3 is 2.57 bits per heavy atom. The van der Waals surface area contributed by atoms with Crippen LogP contribution in [0.25, 0.3) is 16.9 Å². The van der Waals surface area contributed by atoms with Gasteiger partial charge in [0.25, 0.3) is 0 Å². The van der Waals surface area contributed by atoms with Crippen molar-refractivity contribution in [2.75, 3.05) is 23.1 Å². The van der Waals surface area contributed by atoms with Crippen LogP contribution in [0.2, 0.25) is 0 Å². The average molecular weight is 466 g/mol. The van der Waals surface area contributed by atoms with Gasteiger partial charge in [0.1, 0.15) is 5.75 Å². The number of urea groups is 1. The van der Waals surface area contributed by atoms with Crippen LogP contribution in [-0.4, -0.2) is 32.5 Å². The molecular weight excluding hydrogens is 442 g/mol. The largest absolute Gasteiger partial charge is 0.497 e. The van der Waals surface area contributed by atoms with E-state index in [4.69, 9.17) is 9.72 Å². The Bertz CT molecular complexity index is 1450. The van der Waals surface area contributed by atoms with Gasteiger partial charge >= 0.3 is 6.03 Å². The molecule has 3 aromatic heterocycles. The molecule has 3 heterocycles. The number of aromatic nitrogens is 4. The summed E-state index contributed by atoms with van der Waals surface area (Å²) in [5.74, 6) is 1.39. The first-order valence-electron chi connectivity index (χ1n) is 11.0. The third-order valence-electron chi connectivity index (χ3n) is 5.35. The molecule has 0 saturated heterocycles. The Morgan fingerprint density at radius 1 is 0.971 bits per heavy atom. The van der Waals surface area contributed by atoms with Gasteiger partial charge in [-0.15, -0.1) is 0 Å². The summed E-state index contributed by atoms with van der Waals surface area (Å²) in [6.45, 7) is 0.592. The molecule has 0 saturated carbocycles. The van der Waals surface area contributed by atoms with E-state index in [1.807, 2.05) is 53.2 Å². The third-order valence-corrected chi connectivity index (χ3v) is 5.35. The highest BCUT2D eigenvalue weighted by Gasteiger charge is 2.11. The van der Waals surface area contributed by atoms with Crippen molar-refractivity contribution in [1.29, 1.82) is 0 Å². The summed E-state index contributed by atoms with van der Waals surface area (Å²) in [5, 5.41) is 9.06. The van der Waals surface area contributed by atoms with Crippen LogP contribution in [0.5, 0.6) is 5.75 Å². The van der Waals surface area contributed by atoms with Crippen LogP contribution < -0.4 is 20.7 Å². The normalized spacial score (nSPS) is 10.7. The number of benzene rings is 2. The zero-order valence-electron chi connectivity index (χ0n) is 19.0. The molecule has 5 aromatic rings. The number of fused-ring (bicyclic) bond motifs is 1. The van der Waals surface area contributed by atoms with Crippen molar-refractivity contribution >= 4 is 28.9 Å². The molecular formula is C26H23N7O2. The standard InChI is InChI=1S/C26H23N7O2/c1-35-22-7-5-20(6-8-22)30-26(34)31-21-4-2-3-19(15-21)23-17-33-14-13-28-25(33)24(32-23)29-16-18-9-11-27-12-10-18/h2-15,17H,16H2,1H3,(H,29,32)(H2,30,31,34). The molecule has 0 spiro atoms. The van der Waals surface area contributed by atoms with Gasteiger partial charge in [-0.3, -0.25) is 4.98 Å². The minimum Gasteiger partial charge on any atom is -0.497 e. The van der Waals surface area contributed by atoms with E-state index in [1.165, 1.54) is 0 Å². The molecule has 2 amide bonds. The number of hydrogen-bond donors (Lipinski definition) is 3. The minimum atomic E-state index is -0.343. The Kier molecular flexibility index (Phi) is 6.21. The first-order valence-corrected chi connectivity index (χ1v) is 11.0. The second-order valence-electron chi connectivity index (χ2n) is 7.73. The molecule has 3 N–H and O–H groups in total. The summed E-state index contributed by atoms with van der Waals surface area (Å²) in [6.07, 6.45) is 9.05. The fourth-order valence-electron chi connectivity index (χ4n) is 3.60. The van der Waals surface area contributed by atoms with E-state index >= 15 is 0 Å². The smallest absolute Gasteiger partial charge is 0.323 e. The molecule has 2 aromatic carbocycles. The molecule has 0 radical (unpaired) electrons. The molecule has 35 heavy (non-hydrogen) atoms. The number of ether oxygens (including phenoxy) is 1. The van der Waals surface area contributed by atoms with Gasteiger partial charge in [-0.2, -0.15) is 0 Å². The van der Waals surface area contributed by atoms with E-state index in [0.717, 1.165) is 28.2 Å². The lowest BCUT2D eigenvalue weighted by Gasteiger charge is -2.12. The van der Waals surface area contributed by atoms with Gasteiger partial charge in [0.05, 0.1) is 12.8 Å². The van der Waals surface area contributed by atoms with Gasteiger partial charge in [-0.1, -0.05) is 12.1 Å². The number of anilines is 3. The highest BCUT2D eigenvalue weighted by Crippen LogP contribution is 2.25. The van der Waals surface area contributed by atoms with Crippen LogP contribution in [0.1, 0.15) is 5.56 Å². The summed E-state index contributed by atoms with van der Waals surface area (Å²) < 4.78 is 7.07. The maximum absolute atomic E-state index is 12.5. The first-order chi connectivity index (χ1) is 17.2. The lowest BCUT2D eigenvalue weighted by atomic mass is 10.1. The predicted molar refractivity (Wildman–Crippen MR) is 136 cm³/mol. The van der Waals surface area contributed by atoms with Crippen molar-refractivity contribution in [3.63, 3.8) is 0 Å². The van der Waals surface area contributed by atoms with Crippen molar-refractivity contribution in [2.45, 2.75) is 6.54 Å². The van der Waals surface area contributed by atoms with Crippen LogP contribution in [0.3, 0.4) is 0 Å². The van der Waals surface area contributed by atoms with Crippen LogP contribution in [0.15, 0.2) is 91.6 Å². The van der Waals surface area contributed by atoms with Crippen molar-refractivity contribution in [3.05, 3.63) is 97.2 Å². The summed E-state index contributed by atoms with van der Waals surface area (Å²) >= 11 is 0. The van der Waals surface area contributed by atoms with Crippen molar-refractivity contribution in [2.24, 2.45) is 0 Å². The number of hydrogen-bond acceptors (Lipinski definition) is 6. The fourth-order valence-corrected chi connectivity index (χ4v) is 3.60. The second-order valence-corrected chi connectivity index (χ2v) is 7.73. The number of nitrogens with one attached hydrogen (secondary N) is 3. The molecule has 0 aliphatic rings. The predicted octanol–water partition coefficient (Wildman–Crippen LogP) is 5.06. The topological polar surface area (TPSA) is 105 Å². The molecule has 0 aliphatic carbocycles. The summed E-state index contributed by atoms with van der Waals surface area (Å²) in [7, 11) is 1.60. The number of rotatable bonds is 7. The monoisotopic (exact) mass is 465 g/mol. The molecule has 9 nitrogen and oxygen atoms in total. The average Bonchev–Trinajstić information content (AvgIpc) is 3.37. The van der Waals surface area contributed by atoms with Crippen LogP contribution in [-0.2, 0) is 6.54 Å². The van der Waals surface area contributed by atoms with Gasteiger partial charge in [0.2, 0.25) is 0 Å². The summed E-state index contributed by atoms with van der Waals surface area (Å²) in [4.78, 5) is 25.8. The number of amides is 2. The molecule has 0 unspecified atom stereocenters. The van der Waals surface area contributed by atoms with E-state index in [2.05, 4.69) is 25.9 Å². The highest BCUT2D eigenvalue weighted by molar-refractivity contribution is 6.00. The maximum atomic E-state index is 12.5. The molecule has 9 heteroatoms. The zero-order chi connectivity index (χ0) is 24.0. The molecule has 0 fully saturated rings. The number of imidazole rings is 1. The number of nitrogens with zero attached hydrogens (tertiary/aromatic N) is 4. The minimum absolute atomic E-state index is 0.343. The number of methoxy groups -OCH3 is 1. The molecule has 0 atom stereocenters. The third kappa shape index (κ3) is 5.19. The fraction of sp³-hybridized carbons (Fsp3) is 0.0769. The molecule has 0 bridgehead atoms. The van der Waals surface area contributed by atoms with Crippen molar-refractivity contribution in [1.82, 2.24) is 19.4 Å². The van der Waals surface area contributed by atoms with Crippen LogP contribution >= 0.6 is 0 Å². The van der Waals surface area contributed by atoms with Crippen LogP contribution in [0, 0.1) is 0 Å². The lowest BCUT2D eigenvalue weighted by molar-refractivity contribution is 0.262. The Morgan fingerprint density at radius 2 is 1.77 bits per heavy atom. The van der Waals surface area contributed by atoms with E-state index < -0.39 is 0 Å². The second kappa shape index (κ2) is 9.92. The summed E-state index contributed by atoms with van der Waals surface area (Å²) in [5.41, 5.74) is 4.73. The van der Waals surface area contributed by atoms with Crippen molar-refractivity contribution in [3.8, 4) is 17.0 Å². The van der Waals surface area contributed by atoms with Crippen LogP contribution in [0.4, 0.5) is 22.0 Å². The van der Waals surface area contributed by atoms with Crippen molar-refractivity contribution < 1.29 is 9.53 Å². The number of carbonyl (C=O) groups is 1.